The summed E-state index contributed by atoms with van der Waals surface area (Å²) in [5.41, 5.74) is 10.1. The highest BCUT2D eigenvalue weighted by Gasteiger charge is 2.16. The first kappa shape index (κ1) is 14.4. The molecule has 108 valence electrons. The Bertz CT molecular complexity index is 850. The molecule has 3 rings (SSSR count). The molecule has 3 nitrogen and oxygen atoms in total. The summed E-state index contributed by atoms with van der Waals surface area (Å²) in [6.07, 6.45) is 0. The molecular formula is C15H12BrClFN3. The van der Waals surface area contributed by atoms with E-state index < -0.39 is 5.82 Å². The third-order valence-corrected chi connectivity index (χ3v) is 4.15. The monoisotopic (exact) mass is 367 g/mol. The molecule has 2 N–H and O–H groups in total. The number of hydrogen-bond acceptors (Lipinski definition) is 2. The van der Waals surface area contributed by atoms with Crippen molar-refractivity contribution < 1.29 is 4.39 Å². The third-order valence-electron chi connectivity index (χ3n) is 3.40. The molecule has 0 saturated carbocycles. The van der Waals surface area contributed by atoms with Gasteiger partial charge in [0.05, 0.1) is 21.7 Å². The first-order valence-corrected chi connectivity index (χ1v) is 7.45. The van der Waals surface area contributed by atoms with Crippen molar-refractivity contribution >= 4 is 44.5 Å². The first-order valence-electron chi connectivity index (χ1n) is 6.28. The lowest BCUT2D eigenvalue weighted by molar-refractivity contribution is 0.629. The summed E-state index contributed by atoms with van der Waals surface area (Å²) in [7, 11) is 0. The highest BCUT2D eigenvalue weighted by molar-refractivity contribution is 9.10. The average Bonchev–Trinajstić information content (AvgIpc) is 2.66. The highest BCUT2D eigenvalue weighted by atomic mass is 79.9. The summed E-state index contributed by atoms with van der Waals surface area (Å²) in [5.74, 6) is -0.182. The smallest absolute Gasteiger partial charge is 0.205 e. The predicted octanol–water partition coefficient (Wildman–Crippen LogP) is 4.78. The SMILES string of the molecule is Cc1cc(Br)cc(C)c1-n1c(N)nc2cc(Cl)c(F)cc21. The first-order chi connectivity index (χ1) is 9.88. The predicted molar refractivity (Wildman–Crippen MR) is 87.6 cm³/mol. The number of rotatable bonds is 1. The minimum Gasteiger partial charge on any atom is -0.369 e. The van der Waals surface area contributed by atoms with Gasteiger partial charge in [0.2, 0.25) is 5.95 Å². The van der Waals surface area contributed by atoms with E-state index >= 15 is 0 Å². The van der Waals surface area contributed by atoms with E-state index in [9.17, 15) is 4.39 Å². The molecule has 1 heterocycles. The minimum absolute atomic E-state index is 0.0383. The largest absolute Gasteiger partial charge is 0.369 e. The maximum absolute atomic E-state index is 13.8. The molecule has 0 aliphatic carbocycles. The molecule has 2 aromatic carbocycles. The van der Waals surface area contributed by atoms with Crippen molar-refractivity contribution in [3.8, 4) is 5.69 Å². The Morgan fingerprint density at radius 1 is 1.19 bits per heavy atom. The van der Waals surface area contributed by atoms with Gasteiger partial charge in [-0.05, 0) is 43.2 Å². The average molecular weight is 369 g/mol. The Kier molecular flexibility index (Phi) is 3.42. The molecule has 0 bridgehead atoms. The molecule has 3 aromatic rings. The molecule has 0 aliphatic heterocycles. The van der Waals surface area contributed by atoms with Gasteiger partial charge in [-0.2, -0.15) is 0 Å². The Hall–Kier alpha value is -1.59. The van der Waals surface area contributed by atoms with Crippen LogP contribution in [0.1, 0.15) is 11.1 Å². The maximum atomic E-state index is 13.8. The number of nitrogen functional groups attached to an aromatic ring is 1. The number of aromatic nitrogens is 2. The number of halogens is 3. The van der Waals surface area contributed by atoms with Crippen LogP contribution in [0.2, 0.25) is 5.02 Å². The molecule has 0 saturated heterocycles. The van der Waals surface area contributed by atoms with Crippen LogP contribution in [0.15, 0.2) is 28.7 Å². The Morgan fingerprint density at radius 3 is 2.43 bits per heavy atom. The number of anilines is 1. The van der Waals surface area contributed by atoms with Gasteiger partial charge in [-0.3, -0.25) is 4.57 Å². The standard InChI is InChI=1S/C15H12BrClFN3/c1-7-3-9(16)4-8(2)14(7)21-13-6-11(18)10(17)5-12(13)20-15(21)19/h3-6H,1-2H3,(H2,19,20). The van der Waals surface area contributed by atoms with Gasteiger partial charge in [0, 0.05) is 10.5 Å². The molecule has 0 atom stereocenters. The second-order valence-corrected chi connectivity index (χ2v) is 6.27. The van der Waals surface area contributed by atoms with Gasteiger partial charge in [0.25, 0.3) is 0 Å². The molecule has 6 heteroatoms. The van der Waals surface area contributed by atoms with E-state index in [2.05, 4.69) is 20.9 Å². The number of imidazole rings is 1. The molecular weight excluding hydrogens is 357 g/mol. The fourth-order valence-electron chi connectivity index (χ4n) is 2.58. The number of hydrogen-bond donors (Lipinski definition) is 1. The highest BCUT2D eigenvalue weighted by Crippen LogP contribution is 2.31. The zero-order valence-electron chi connectivity index (χ0n) is 11.4. The summed E-state index contributed by atoms with van der Waals surface area (Å²) in [4.78, 5) is 4.27. The Labute approximate surface area is 134 Å². The van der Waals surface area contributed by atoms with Crippen LogP contribution >= 0.6 is 27.5 Å². The second-order valence-electron chi connectivity index (χ2n) is 4.95. The summed E-state index contributed by atoms with van der Waals surface area (Å²) in [6.45, 7) is 3.95. The number of aryl methyl sites for hydroxylation is 2. The summed E-state index contributed by atoms with van der Waals surface area (Å²) < 4.78 is 16.5. The number of benzene rings is 2. The lowest BCUT2D eigenvalue weighted by Gasteiger charge is -2.14. The van der Waals surface area contributed by atoms with Crippen LogP contribution in [0, 0.1) is 19.7 Å². The fourth-order valence-corrected chi connectivity index (χ4v) is 3.43. The minimum atomic E-state index is -0.488. The van der Waals surface area contributed by atoms with Crippen LogP contribution in [0.25, 0.3) is 16.7 Å². The Morgan fingerprint density at radius 2 is 1.81 bits per heavy atom. The number of fused-ring (bicyclic) bond motifs is 1. The molecule has 0 spiro atoms. The normalized spacial score (nSPS) is 11.3. The lowest BCUT2D eigenvalue weighted by atomic mass is 10.1. The van der Waals surface area contributed by atoms with Gasteiger partial charge in [-0.1, -0.05) is 27.5 Å². The molecule has 0 aliphatic rings. The number of nitrogens with zero attached hydrogens (tertiary/aromatic N) is 2. The van der Waals surface area contributed by atoms with Gasteiger partial charge in [0.1, 0.15) is 5.82 Å². The third kappa shape index (κ3) is 2.30. The topological polar surface area (TPSA) is 43.8 Å². The van der Waals surface area contributed by atoms with Crippen LogP contribution in [0.4, 0.5) is 10.3 Å². The maximum Gasteiger partial charge on any atom is 0.205 e. The Balaban J connectivity index is 2.41. The van der Waals surface area contributed by atoms with Gasteiger partial charge in [-0.15, -0.1) is 0 Å². The zero-order chi connectivity index (χ0) is 15.3. The zero-order valence-corrected chi connectivity index (χ0v) is 13.8. The van der Waals surface area contributed by atoms with Crippen LogP contribution < -0.4 is 5.73 Å². The van der Waals surface area contributed by atoms with Crippen LogP contribution in [0.5, 0.6) is 0 Å². The van der Waals surface area contributed by atoms with Crippen molar-refractivity contribution in [2.75, 3.05) is 5.73 Å². The quantitative estimate of drug-likeness (QED) is 0.672. The van der Waals surface area contributed by atoms with Crippen molar-refractivity contribution in [2.24, 2.45) is 0 Å². The fraction of sp³-hybridized carbons (Fsp3) is 0.133. The van der Waals surface area contributed by atoms with Crippen LogP contribution in [-0.4, -0.2) is 9.55 Å². The van der Waals surface area contributed by atoms with Crippen LogP contribution in [-0.2, 0) is 0 Å². The van der Waals surface area contributed by atoms with Gasteiger partial charge >= 0.3 is 0 Å². The lowest BCUT2D eigenvalue weighted by Crippen LogP contribution is -2.05. The van der Waals surface area contributed by atoms with Crippen molar-refractivity contribution in [1.82, 2.24) is 9.55 Å². The second kappa shape index (κ2) is 5.00. The van der Waals surface area contributed by atoms with Crippen molar-refractivity contribution in [2.45, 2.75) is 13.8 Å². The van der Waals surface area contributed by atoms with Gasteiger partial charge in [0.15, 0.2) is 0 Å². The van der Waals surface area contributed by atoms with E-state index in [1.165, 1.54) is 12.1 Å². The van der Waals surface area contributed by atoms with E-state index in [-0.39, 0.29) is 5.02 Å². The van der Waals surface area contributed by atoms with Crippen molar-refractivity contribution in [3.05, 3.63) is 50.7 Å². The summed E-state index contributed by atoms with van der Waals surface area (Å²) in [5, 5.41) is 0.0383. The van der Waals surface area contributed by atoms with Crippen molar-refractivity contribution in [3.63, 3.8) is 0 Å². The van der Waals surface area contributed by atoms with Crippen molar-refractivity contribution in [1.29, 1.82) is 0 Å². The van der Waals surface area contributed by atoms with Gasteiger partial charge in [-0.25, -0.2) is 9.37 Å². The van der Waals surface area contributed by atoms with E-state index in [0.29, 0.717) is 17.0 Å². The van der Waals surface area contributed by atoms with E-state index in [1.807, 2.05) is 26.0 Å². The molecule has 1 aromatic heterocycles. The number of nitrogens with two attached hydrogens (primary N) is 1. The van der Waals surface area contributed by atoms with Crippen LogP contribution in [0.3, 0.4) is 0 Å². The molecule has 0 amide bonds. The van der Waals surface area contributed by atoms with E-state index in [0.717, 1.165) is 21.3 Å². The molecule has 0 radical (unpaired) electrons. The molecule has 0 unspecified atom stereocenters. The summed E-state index contributed by atoms with van der Waals surface area (Å²) >= 11 is 9.27. The van der Waals surface area contributed by atoms with E-state index in [4.69, 9.17) is 17.3 Å². The summed E-state index contributed by atoms with van der Waals surface area (Å²) in [6, 6.07) is 6.82. The molecule has 0 fully saturated rings. The van der Waals surface area contributed by atoms with Gasteiger partial charge < -0.3 is 5.73 Å². The molecule has 21 heavy (non-hydrogen) atoms. The van der Waals surface area contributed by atoms with E-state index in [1.54, 1.807) is 4.57 Å².